The van der Waals surface area contributed by atoms with Gasteiger partial charge in [0, 0.05) is 38.6 Å². The summed E-state index contributed by atoms with van der Waals surface area (Å²) >= 11 is 1.35. The Morgan fingerprint density at radius 2 is 1.79 bits per heavy atom. The molecule has 29 heavy (non-hydrogen) atoms. The van der Waals surface area contributed by atoms with Crippen molar-refractivity contribution >= 4 is 37.5 Å². The molecule has 154 valence electrons. The SMILES string of the molecule is Cc1nn(C)c2sc(C(=O)N3CCN(S(=O)(=O)c4ccc(F)c(F)c4)CC3)cc12. The van der Waals surface area contributed by atoms with Crippen molar-refractivity contribution in [1.82, 2.24) is 19.0 Å². The number of aryl methyl sites for hydroxylation is 2. The maximum absolute atomic E-state index is 13.4. The fraction of sp³-hybridized carbons (Fsp3) is 0.333. The molecule has 0 atom stereocenters. The third-order valence-electron chi connectivity index (χ3n) is 4.96. The van der Waals surface area contributed by atoms with Gasteiger partial charge >= 0.3 is 0 Å². The predicted molar refractivity (Wildman–Crippen MR) is 104 cm³/mol. The Labute approximate surface area is 170 Å². The average molecular weight is 440 g/mol. The molecule has 0 aliphatic carbocycles. The summed E-state index contributed by atoms with van der Waals surface area (Å²) in [7, 11) is -2.14. The number of thiophene rings is 1. The van der Waals surface area contributed by atoms with E-state index in [2.05, 4.69) is 5.10 Å². The summed E-state index contributed by atoms with van der Waals surface area (Å²) in [4.78, 5) is 15.6. The van der Waals surface area contributed by atoms with Crippen LogP contribution < -0.4 is 0 Å². The minimum absolute atomic E-state index is 0.0819. The summed E-state index contributed by atoms with van der Waals surface area (Å²) in [6, 6.07) is 4.32. The fourth-order valence-electron chi connectivity index (χ4n) is 3.38. The van der Waals surface area contributed by atoms with Crippen LogP contribution >= 0.6 is 11.3 Å². The number of hydrogen-bond donors (Lipinski definition) is 0. The van der Waals surface area contributed by atoms with Crippen LogP contribution in [0.15, 0.2) is 29.2 Å². The molecular weight excluding hydrogens is 422 g/mol. The molecule has 1 fully saturated rings. The lowest BCUT2D eigenvalue weighted by Gasteiger charge is -2.33. The van der Waals surface area contributed by atoms with Crippen molar-refractivity contribution in [3.63, 3.8) is 0 Å². The van der Waals surface area contributed by atoms with E-state index in [4.69, 9.17) is 0 Å². The van der Waals surface area contributed by atoms with Crippen molar-refractivity contribution in [1.29, 1.82) is 0 Å². The van der Waals surface area contributed by atoms with E-state index < -0.39 is 21.7 Å². The van der Waals surface area contributed by atoms with Gasteiger partial charge in [-0.3, -0.25) is 9.48 Å². The summed E-state index contributed by atoms with van der Waals surface area (Å²) in [5.41, 5.74) is 0.847. The molecule has 1 aliphatic rings. The summed E-state index contributed by atoms with van der Waals surface area (Å²) in [5, 5.41) is 5.25. The van der Waals surface area contributed by atoms with Crippen LogP contribution in [-0.2, 0) is 17.1 Å². The summed E-state index contributed by atoms with van der Waals surface area (Å²) in [5.74, 6) is -2.47. The molecule has 0 saturated carbocycles. The minimum Gasteiger partial charge on any atom is -0.335 e. The first-order chi connectivity index (χ1) is 13.7. The molecule has 3 heterocycles. The number of amides is 1. The summed E-state index contributed by atoms with van der Waals surface area (Å²) in [6.45, 7) is 2.47. The van der Waals surface area contributed by atoms with Gasteiger partial charge < -0.3 is 4.90 Å². The molecule has 0 spiro atoms. The lowest BCUT2D eigenvalue weighted by Crippen LogP contribution is -2.50. The van der Waals surface area contributed by atoms with Crippen molar-refractivity contribution in [2.45, 2.75) is 11.8 Å². The average Bonchev–Trinajstić information content (AvgIpc) is 3.25. The first-order valence-corrected chi connectivity index (χ1v) is 11.1. The number of fused-ring (bicyclic) bond motifs is 1. The van der Waals surface area contributed by atoms with E-state index in [1.165, 1.54) is 15.6 Å². The molecule has 1 amide bonds. The van der Waals surface area contributed by atoms with Gasteiger partial charge in [-0.1, -0.05) is 0 Å². The van der Waals surface area contributed by atoms with E-state index in [-0.39, 0.29) is 37.0 Å². The molecule has 11 heteroatoms. The Kier molecular flexibility index (Phi) is 4.91. The number of rotatable bonds is 3. The first kappa shape index (κ1) is 19.9. The highest BCUT2D eigenvalue weighted by Crippen LogP contribution is 2.29. The van der Waals surface area contributed by atoms with Crippen molar-refractivity contribution in [2.75, 3.05) is 26.2 Å². The number of halogens is 2. The van der Waals surface area contributed by atoms with Crippen molar-refractivity contribution in [2.24, 2.45) is 7.05 Å². The molecule has 2 aromatic heterocycles. The number of benzene rings is 1. The molecule has 4 rings (SSSR count). The molecule has 3 aromatic rings. The second-order valence-corrected chi connectivity index (χ2v) is 9.78. The number of piperazine rings is 1. The van der Waals surface area contributed by atoms with Crippen LogP contribution in [0.2, 0.25) is 0 Å². The number of nitrogens with zero attached hydrogens (tertiary/aromatic N) is 4. The van der Waals surface area contributed by atoms with Crippen LogP contribution in [0, 0.1) is 18.6 Å². The smallest absolute Gasteiger partial charge is 0.264 e. The quantitative estimate of drug-likeness (QED) is 0.627. The molecule has 1 aliphatic heterocycles. The van der Waals surface area contributed by atoms with Gasteiger partial charge in [0.2, 0.25) is 10.0 Å². The Hall–Kier alpha value is -2.37. The van der Waals surface area contributed by atoms with Crippen molar-refractivity contribution in [3.8, 4) is 0 Å². The van der Waals surface area contributed by atoms with Gasteiger partial charge in [0.05, 0.1) is 15.5 Å². The van der Waals surface area contributed by atoms with E-state index in [9.17, 15) is 22.0 Å². The van der Waals surface area contributed by atoms with Crippen LogP contribution in [0.3, 0.4) is 0 Å². The summed E-state index contributed by atoms with van der Waals surface area (Å²) < 4.78 is 54.8. The zero-order chi connectivity index (χ0) is 20.9. The van der Waals surface area contributed by atoms with Gasteiger partial charge in [0.15, 0.2) is 11.6 Å². The Morgan fingerprint density at radius 1 is 1.10 bits per heavy atom. The number of carbonyl (C=O) groups excluding carboxylic acids is 1. The van der Waals surface area contributed by atoms with Crippen LogP contribution in [0.5, 0.6) is 0 Å². The van der Waals surface area contributed by atoms with Crippen LogP contribution in [0.4, 0.5) is 8.78 Å². The van der Waals surface area contributed by atoms with E-state index in [1.54, 1.807) is 9.58 Å². The number of carbonyl (C=O) groups is 1. The number of hydrogen-bond acceptors (Lipinski definition) is 5. The predicted octanol–water partition coefficient (Wildman–Crippen LogP) is 2.37. The van der Waals surface area contributed by atoms with Crippen LogP contribution in [-0.4, -0.2) is 59.5 Å². The third kappa shape index (κ3) is 3.43. The Morgan fingerprint density at radius 3 is 2.41 bits per heavy atom. The first-order valence-electron chi connectivity index (χ1n) is 8.86. The minimum atomic E-state index is -3.96. The fourth-order valence-corrected chi connectivity index (χ4v) is 5.91. The number of sulfonamides is 1. The number of aromatic nitrogens is 2. The highest BCUT2D eigenvalue weighted by atomic mass is 32.2. The highest BCUT2D eigenvalue weighted by molar-refractivity contribution is 7.89. The van der Waals surface area contributed by atoms with Crippen LogP contribution in [0.25, 0.3) is 10.2 Å². The van der Waals surface area contributed by atoms with Gasteiger partial charge in [-0.2, -0.15) is 9.40 Å². The van der Waals surface area contributed by atoms with Crippen molar-refractivity contribution < 1.29 is 22.0 Å². The van der Waals surface area contributed by atoms with Gasteiger partial charge in [-0.05, 0) is 31.2 Å². The lowest BCUT2D eigenvalue weighted by molar-refractivity contribution is 0.0703. The Bertz CT molecular complexity index is 1180. The second-order valence-electron chi connectivity index (χ2n) is 6.81. The molecule has 1 saturated heterocycles. The van der Waals surface area contributed by atoms with Gasteiger partial charge in [0.25, 0.3) is 5.91 Å². The highest BCUT2D eigenvalue weighted by Gasteiger charge is 2.31. The topological polar surface area (TPSA) is 75.5 Å². The molecule has 0 unspecified atom stereocenters. The summed E-state index contributed by atoms with van der Waals surface area (Å²) in [6.07, 6.45) is 0. The normalized spacial score (nSPS) is 15.9. The monoisotopic (exact) mass is 440 g/mol. The van der Waals surface area contributed by atoms with E-state index in [0.29, 0.717) is 10.9 Å². The molecule has 0 radical (unpaired) electrons. The third-order valence-corrected chi connectivity index (χ3v) is 8.05. The van der Waals surface area contributed by atoms with Gasteiger partial charge in [0.1, 0.15) is 4.83 Å². The molecule has 1 aromatic carbocycles. The molecule has 0 bridgehead atoms. The van der Waals surface area contributed by atoms with Crippen molar-refractivity contribution in [3.05, 3.63) is 46.5 Å². The molecule has 7 nitrogen and oxygen atoms in total. The maximum Gasteiger partial charge on any atom is 0.264 e. The molecular formula is C18H18F2N4O3S2. The molecule has 0 N–H and O–H groups in total. The lowest BCUT2D eigenvalue weighted by atomic mass is 10.3. The van der Waals surface area contributed by atoms with E-state index in [1.807, 2.05) is 20.0 Å². The van der Waals surface area contributed by atoms with E-state index >= 15 is 0 Å². The zero-order valence-corrected chi connectivity index (χ0v) is 17.4. The van der Waals surface area contributed by atoms with E-state index in [0.717, 1.165) is 28.0 Å². The van der Waals surface area contributed by atoms with Gasteiger partial charge in [-0.15, -0.1) is 11.3 Å². The zero-order valence-electron chi connectivity index (χ0n) is 15.7. The standard InChI is InChI=1S/C18H18F2N4O3S2/c1-11-13-10-16(28-18(13)22(2)21-11)17(25)23-5-7-24(8-6-23)29(26,27)12-3-4-14(19)15(20)9-12/h3-4,9-10H,5-8H2,1-2H3. The largest absolute Gasteiger partial charge is 0.335 e. The second kappa shape index (κ2) is 7.15. The van der Waals surface area contributed by atoms with Crippen LogP contribution in [0.1, 0.15) is 15.4 Å². The van der Waals surface area contributed by atoms with Gasteiger partial charge in [-0.25, -0.2) is 17.2 Å². The Balaban J connectivity index is 1.48. The maximum atomic E-state index is 13.4.